The molecule has 1 aromatic carbocycles. The third kappa shape index (κ3) is 5.44. The van der Waals surface area contributed by atoms with E-state index < -0.39 is 5.97 Å². The van der Waals surface area contributed by atoms with E-state index in [9.17, 15) is 9.59 Å². The molecule has 1 N–H and O–H groups in total. The highest BCUT2D eigenvalue weighted by Crippen LogP contribution is 2.15. The Morgan fingerprint density at radius 1 is 1.23 bits per heavy atom. The van der Waals surface area contributed by atoms with E-state index in [1.54, 1.807) is 11.1 Å². The summed E-state index contributed by atoms with van der Waals surface area (Å²) in [5.41, 5.74) is 2.44. The number of carboxylic acids is 1. The molecule has 0 saturated heterocycles. The van der Waals surface area contributed by atoms with Crippen molar-refractivity contribution in [3.8, 4) is 0 Å². The maximum absolute atomic E-state index is 13.1. The quantitative estimate of drug-likeness (QED) is 0.747. The molecule has 0 spiro atoms. The van der Waals surface area contributed by atoms with Crippen molar-refractivity contribution < 1.29 is 14.7 Å². The van der Waals surface area contributed by atoms with Gasteiger partial charge in [-0.25, -0.2) is 0 Å². The third-order valence-electron chi connectivity index (χ3n) is 4.19. The molecule has 0 unspecified atom stereocenters. The SMILES string of the molecule is Cc1c(C(=O)N(CCCC(=O)O)Cc2ccccc2)cnn1CC(C)C. The molecule has 1 aromatic heterocycles. The van der Waals surface area contributed by atoms with Crippen molar-refractivity contribution in [1.29, 1.82) is 0 Å². The molecule has 0 radical (unpaired) electrons. The number of nitrogens with zero attached hydrogens (tertiary/aromatic N) is 3. The lowest BCUT2D eigenvalue weighted by atomic mass is 10.1. The summed E-state index contributed by atoms with van der Waals surface area (Å²) in [6, 6.07) is 9.72. The topological polar surface area (TPSA) is 75.4 Å². The van der Waals surface area contributed by atoms with Crippen molar-refractivity contribution in [3.63, 3.8) is 0 Å². The largest absolute Gasteiger partial charge is 0.481 e. The van der Waals surface area contributed by atoms with Gasteiger partial charge in [0.05, 0.1) is 11.8 Å². The minimum Gasteiger partial charge on any atom is -0.481 e. The van der Waals surface area contributed by atoms with Crippen LogP contribution in [-0.4, -0.2) is 38.2 Å². The first-order valence-electron chi connectivity index (χ1n) is 8.96. The molecule has 6 heteroatoms. The Hall–Kier alpha value is -2.63. The predicted octanol–water partition coefficient (Wildman–Crippen LogP) is 3.35. The van der Waals surface area contributed by atoms with Gasteiger partial charge in [0.15, 0.2) is 0 Å². The second kappa shape index (κ2) is 9.17. The van der Waals surface area contributed by atoms with Crippen LogP contribution >= 0.6 is 0 Å². The van der Waals surface area contributed by atoms with Crippen LogP contribution in [0.1, 0.15) is 48.3 Å². The van der Waals surface area contributed by atoms with E-state index in [0.29, 0.717) is 31.0 Å². The summed E-state index contributed by atoms with van der Waals surface area (Å²) in [5, 5.41) is 13.2. The first-order valence-corrected chi connectivity index (χ1v) is 8.96. The Kier molecular flexibility index (Phi) is 6.95. The fourth-order valence-electron chi connectivity index (χ4n) is 2.83. The van der Waals surface area contributed by atoms with Gasteiger partial charge in [0.2, 0.25) is 0 Å². The zero-order valence-electron chi connectivity index (χ0n) is 15.7. The highest BCUT2D eigenvalue weighted by molar-refractivity contribution is 5.95. The van der Waals surface area contributed by atoms with Crippen molar-refractivity contribution in [2.24, 2.45) is 5.92 Å². The molecule has 0 bridgehead atoms. The number of rotatable bonds is 9. The van der Waals surface area contributed by atoms with Gasteiger partial charge in [0.1, 0.15) is 0 Å². The van der Waals surface area contributed by atoms with E-state index in [1.165, 1.54) is 0 Å². The number of aromatic nitrogens is 2. The smallest absolute Gasteiger partial charge is 0.303 e. The summed E-state index contributed by atoms with van der Waals surface area (Å²) >= 11 is 0. The van der Waals surface area contributed by atoms with Gasteiger partial charge in [0.25, 0.3) is 5.91 Å². The maximum Gasteiger partial charge on any atom is 0.303 e. The lowest BCUT2D eigenvalue weighted by molar-refractivity contribution is -0.137. The molecule has 1 heterocycles. The van der Waals surface area contributed by atoms with Gasteiger partial charge in [-0.2, -0.15) is 5.10 Å². The molecule has 1 amide bonds. The molecule has 2 aromatic rings. The van der Waals surface area contributed by atoms with Gasteiger partial charge >= 0.3 is 5.97 Å². The molecule has 140 valence electrons. The lowest BCUT2D eigenvalue weighted by Gasteiger charge is -2.22. The molecule has 0 fully saturated rings. The summed E-state index contributed by atoms with van der Waals surface area (Å²) in [5.74, 6) is -0.516. The molecule has 0 saturated carbocycles. The Balaban J connectivity index is 2.18. The molecular formula is C20H27N3O3. The number of carbonyl (C=O) groups excluding carboxylic acids is 1. The molecule has 6 nitrogen and oxygen atoms in total. The maximum atomic E-state index is 13.1. The molecule has 0 atom stereocenters. The number of amides is 1. The van der Waals surface area contributed by atoms with Crippen molar-refractivity contribution in [3.05, 3.63) is 53.3 Å². The van der Waals surface area contributed by atoms with E-state index in [0.717, 1.165) is 17.8 Å². The highest BCUT2D eigenvalue weighted by Gasteiger charge is 2.21. The van der Waals surface area contributed by atoms with Gasteiger partial charge in [-0.3, -0.25) is 14.3 Å². The Bertz CT molecular complexity index is 738. The van der Waals surface area contributed by atoms with Gasteiger partial charge in [-0.1, -0.05) is 44.2 Å². The fraction of sp³-hybridized carbons (Fsp3) is 0.450. The monoisotopic (exact) mass is 357 g/mol. The van der Waals surface area contributed by atoms with Crippen molar-refractivity contribution >= 4 is 11.9 Å². The Morgan fingerprint density at radius 3 is 2.54 bits per heavy atom. The van der Waals surface area contributed by atoms with Gasteiger partial charge < -0.3 is 10.0 Å². The number of benzene rings is 1. The van der Waals surface area contributed by atoms with Crippen LogP contribution in [-0.2, 0) is 17.9 Å². The summed E-state index contributed by atoms with van der Waals surface area (Å²) in [6.45, 7) is 7.73. The second-order valence-corrected chi connectivity index (χ2v) is 6.93. The average Bonchev–Trinajstić information content (AvgIpc) is 2.94. The summed E-state index contributed by atoms with van der Waals surface area (Å²) in [6.07, 6.45) is 2.09. The predicted molar refractivity (Wildman–Crippen MR) is 99.9 cm³/mol. The Morgan fingerprint density at radius 2 is 1.92 bits per heavy atom. The molecule has 2 rings (SSSR count). The van der Waals surface area contributed by atoms with Gasteiger partial charge in [-0.05, 0) is 24.8 Å². The third-order valence-corrected chi connectivity index (χ3v) is 4.19. The van der Waals surface area contributed by atoms with Gasteiger partial charge in [0, 0.05) is 31.7 Å². The second-order valence-electron chi connectivity index (χ2n) is 6.93. The van der Waals surface area contributed by atoms with Crippen LogP contribution in [0.15, 0.2) is 36.5 Å². The number of aliphatic carboxylic acids is 1. The van der Waals surface area contributed by atoms with Crippen molar-refractivity contribution in [2.75, 3.05) is 6.54 Å². The molecule has 0 aliphatic rings. The molecular weight excluding hydrogens is 330 g/mol. The van der Waals surface area contributed by atoms with Crippen LogP contribution in [0.5, 0.6) is 0 Å². The van der Waals surface area contributed by atoms with Crippen LogP contribution in [0.4, 0.5) is 0 Å². The lowest BCUT2D eigenvalue weighted by Crippen LogP contribution is -2.32. The summed E-state index contributed by atoms with van der Waals surface area (Å²) in [7, 11) is 0. The zero-order valence-corrected chi connectivity index (χ0v) is 15.7. The molecule has 26 heavy (non-hydrogen) atoms. The van der Waals surface area contributed by atoms with Crippen LogP contribution in [0.2, 0.25) is 0 Å². The number of hydrogen-bond donors (Lipinski definition) is 1. The zero-order chi connectivity index (χ0) is 19.1. The minimum atomic E-state index is -0.849. The average molecular weight is 357 g/mol. The molecule has 0 aliphatic heterocycles. The van der Waals surface area contributed by atoms with E-state index in [1.807, 2.05) is 41.9 Å². The number of carboxylic acid groups (broad SMARTS) is 1. The van der Waals surface area contributed by atoms with Crippen LogP contribution in [0, 0.1) is 12.8 Å². The fourth-order valence-corrected chi connectivity index (χ4v) is 2.83. The summed E-state index contributed by atoms with van der Waals surface area (Å²) < 4.78 is 1.86. The summed E-state index contributed by atoms with van der Waals surface area (Å²) in [4.78, 5) is 25.6. The van der Waals surface area contributed by atoms with Crippen LogP contribution < -0.4 is 0 Å². The number of hydrogen-bond acceptors (Lipinski definition) is 3. The van der Waals surface area contributed by atoms with E-state index in [-0.39, 0.29) is 12.3 Å². The molecule has 0 aliphatic carbocycles. The van der Waals surface area contributed by atoms with E-state index >= 15 is 0 Å². The first-order chi connectivity index (χ1) is 12.4. The van der Waals surface area contributed by atoms with Crippen molar-refractivity contribution in [1.82, 2.24) is 14.7 Å². The van der Waals surface area contributed by atoms with Gasteiger partial charge in [-0.15, -0.1) is 0 Å². The van der Waals surface area contributed by atoms with E-state index in [2.05, 4.69) is 18.9 Å². The van der Waals surface area contributed by atoms with Crippen LogP contribution in [0.3, 0.4) is 0 Å². The first kappa shape index (κ1) is 19.7. The normalized spacial score (nSPS) is 10.9. The van der Waals surface area contributed by atoms with Crippen molar-refractivity contribution in [2.45, 2.75) is 46.7 Å². The standard InChI is InChI=1S/C20H27N3O3/c1-15(2)13-23-16(3)18(12-21-23)20(26)22(11-7-10-19(24)25)14-17-8-5-4-6-9-17/h4-6,8-9,12,15H,7,10-11,13-14H2,1-3H3,(H,24,25). The highest BCUT2D eigenvalue weighted by atomic mass is 16.4. The Labute approximate surface area is 154 Å². The van der Waals surface area contributed by atoms with Crippen LogP contribution in [0.25, 0.3) is 0 Å². The number of carbonyl (C=O) groups is 2. The van der Waals surface area contributed by atoms with E-state index in [4.69, 9.17) is 5.11 Å². The minimum absolute atomic E-state index is 0.0458.